The number of likely N-dealkylation sites (tertiary alicyclic amines) is 1. The summed E-state index contributed by atoms with van der Waals surface area (Å²) in [5.74, 6) is -4.00. The molecule has 2 N–H and O–H groups in total. The number of anilines is 2. The van der Waals surface area contributed by atoms with Crippen LogP contribution in [-0.2, 0) is 33.4 Å². The minimum Gasteiger partial charge on any atom is -0.455 e. The monoisotopic (exact) mass is 714 g/mol. The van der Waals surface area contributed by atoms with Crippen LogP contribution in [0.4, 0.5) is 11.4 Å². The second-order valence-corrected chi connectivity index (χ2v) is 13.7. The molecule has 0 aliphatic carbocycles. The molecule has 1 spiro atoms. The Morgan fingerprint density at radius 2 is 1.73 bits per heavy atom. The number of carbonyl (C=O) groups excluding carboxylic acids is 4. The third-order valence-electron chi connectivity index (χ3n) is 10.9. The summed E-state index contributed by atoms with van der Waals surface area (Å²) in [5, 5.41) is 13.5. The third-order valence-corrected chi connectivity index (χ3v) is 10.9. The van der Waals surface area contributed by atoms with Gasteiger partial charge in [-0.25, -0.2) is 0 Å². The molecule has 0 aromatic heterocycles. The lowest BCUT2D eigenvalue weighted by molar-refractivity contribution is -0.162. The van der Waals surface area contributed by atoms with E-state index in [1.807, 2.05) is 67.6 Å². The zero-order valence-electron chi connectivity index (χ0n) is 30.4. The van der Waals surface area contributed by atoms with E-state index >= 15 is 0 Å². The Balaban J connectivity index is 1.43. The predicted octanol–water partition coefficient (Wildman–Crippen LogP) is 3.55. The number of aliphatic hydroxyl groups excluding tert-OH is 1. The van der Waals surface area contributed by atoms with Gasteiger partial charge < -0.3 is 39.3 Å². The van der Waals surface area contributed by atoms with Crippen LogP contribution in [0.25, 0.3) is 0 Å². The van der Waals surface area contributed by atoms with Gasteiger partial charge >= 0.3 is 5.97 Å². The number of carbonyl (C=O) groups is 4. The van der Waals surface area contributed by atoms with Gasteiger partial charge in [0.25, 0.3) is 5.91 Å². The molecule has 8 atom stereocenters. The fraction of sp³-hybridized carbons (Fsp3) is 0.500. The van der Waals surface area contributed by atoms with Gasteiger partial charge in [0.05, 0.1) is 37.3 Å². The number of aliphatic hydroxyl groups is 1. The summed E-state index contributed by atoms with van der Waals surface area (Å²) >= 11 is 0. The van der Waals surface area contributed by atoms with E-state index in [-0.39, 0.29) is 38.0 Å². The van der Waals surface area contributed by atoms with Gasteiger partial charge in [-0.3, -0.25) is 19.2 Å². The predicted molar refractivity (Wildman–Crippen MR) is 195 cm³/mol. The number of nitrogens with one attached hydrogen (secondary N) is 1. The standard InChI is InChI=1S/C40H50N4O8/c1-5-27(24-45)44-36-38(48)43(29-20-18-28(19-21-29)42(6-2)7-3)23-13-22-40(36)34(37(44)47)33-31(52-40)16-11-12-17-32(46)41-30(25-50-4)35(51-39(33)49)26-14-9-8-10-15-26/h8-11,13-16,18-22,27,30-31,33-36,45H,5-7,12,17,23-25H2,1-4H3,(H,41,46)/b16-11-/t27-,30+,31+,33-,34-,35+,36+,40-/m0/s1. The molecule has 6 rings (SSSR count). The van der Waals surface area contributed by atoms with Crippen molar-refractivity contribution in [1.82, 2.24) is 10.2 Å². The average molecular weight is 715 g/mol. The van der Waals surface area contributed by atoms with Crippen LogP contribution in [0, 0.1) is 11.8 Å². The molecule has 0 bridgehead atoms. The van der Waals surface area contributed by atoms with Gasteiger partial charge in [0.1, 0.15) is 23.7 Å². The second kappa shape index (κ2) is 16.0. The highest BCUT2D eigenvalue weighted by atomic mass is 16.6. The molecular weight excluding hydrogens is 664 g/mol. The van der Waals surface area contributed by atoms with Crippen LogP contribution in [0.3, 0.4) is 0 Å². The van der Waals surface area contributed by atoms with Crippen LogP contribution >= 0.6 is 0 Å². The fourth-order valence-corrected chi connectivity index (χ4v) is 8.30. The Morgan fingerprint density at radius 3 is 2.38 bits per heavy atom. The summed E-state index contributed by atoms with van der Waals surface area (Å²) in [4.78, 5) is 62.8. The molecule has 4 heterocycles. The van der Waals surface area contributed by atoms with E-state index in [0.717, 1.165) is 18.8 Å². The molecule has 3 amide bonds. The minimum atomic E-state index is -1.53. The van der Waals surface area contributed by atoms with Crippen LogP contribution < -0.4 is 15.1 Å². The molecule has 4 aliphatic rings. The molecular formula is C40H50N4O8. The van der Waals surface area contributed by atoms with Crippen molar-refractivity contribution < 1.29 is 38.5 Å². The summed E-state index contributed by atoms with van der Waals surface area (Å²) in [6, 6.07) is 14.3. The number of fused-ring (bicyclic) bond motifs is 2. The average Bonchev–Trinajstić information content (AvgIpc) is 3.54. The van der Waals surface area contributed by atoms with Crippen LogP contribution in [0.5, 0.6) is 0 Å². The third kappa shape index (κ3) is 6.75. The maximum Gasteiger partial charge on any atom is 0.313 e. The quantitative estimate of drug-likeness (QED) is 0.280. The Morgan fingerprint density at radius 1 is 1.00 bits per heavy atom. The Bertz CT molecular complexity index is 1660. The largest absolute Gasteiger partial charge is 0.455 e. The van der Waals surface area contributed by atoms with Gasteiger partial charge in [0.2, 0.25) is 11.8 Å². The normalized spacial score (nSPS) is 30.2. The lowest BCUT2D eigenvalue weighted by Gasteiger charge is -2.38. The summed E-state index contributed by atoms with van der Waals surface area (Å²) in [5.41, 5.74) is 0.802. The van der Waals surface area contributed by atoms with Crippen LogP contribution in [-0.4, -0.2) is 103 Å². The molecule has 0 radical (unpaired) electrons. The van der Waals surface area contributed by atoms with Gasteiger partial charge in [0.15, 0.2) is 0 Å². The topological polar surface area (TPSA) is 138 Å². The summed E-state index contributed by atoms with van der Waals surface area (Å²) in [7, 11) is 1.51. The van der Waals surface area contributed by atoms with E-state index in [0.29, 0.717) is 24.1 Å². The van der Waals surface area contributed by atoms with E-state index in [9.17, 15) is 24.3 Å². The van der Waals surface area contributed by atoms with Crippen molar-refractivity contribution in [3.8, 4) is 0 Å². The van der Waals surface area contributed by atoms with E-state index in [1.54, 1.807) is 23.1 Å². The summed E-state index contributed by atoms with van der Waals surface area (Å²) in [6.07, 6.45) is 6.11. The zero-order valence-corrected chi connectivity index (χ0v) is 30.4. The van der Waals surface area contributed by atoms with Crippen molar-refractivity contribution in [2.24, 2.45) is 11.8 Å². The number of benzene rings is 2. The minimum absolute atomic E-state index is 0.0683. The summed E-state index contributed by atoms with van der Waals surface area (Å²) < 4.78 is 18.6. The Kier molecular flexibility index (Phi) is 11.5. The first-order valence-electron chi connectivity index (χ1n) is 18.4. The van der Waals surface area contributed by atoms with E-state index < -0.39 is 59.6 Å². The van der Waals surface area contributed by atoms with Crippen LogP contribution in [0.15, 0.2) is 78.9 Å². The number of amides is 3. The van der Waals surface area contributed by atoms with Crippen molar-refractivity contribution in [3.63, 3.8) is 0 Å². The van der Waals surface area contributed by atoms with Crippen molar-refractivity contribution >= 4 is 35.1 Å². The number of methoxy groups -OCH3 is 1. The van der Waals surface area contributed by atoms with Crippen molar-refractivity contribution in [2.45, 2.75) is 76.0 Å². The molecule has 12 heteroatoms. The lowest BCUT2D eigenvalue weighted by Crippen LogP contribution is -2.58. The first kappa shape index (κ1) is 37.2. The lowest BCUT2D eigenvalue weighted by atomic mass is 9.77. The number of esters is 1. The first-order chi connectivity index (χ1) is 25.2. The molecule has 2 saturated heterocycles. The molecule has 2 aromatic carbocycles. The van der Waals surface area contributed by atoms with Gasteiger partial charge in [-0.05, 0) is 56.5 Å². The molecule has 52 heavy (non-hydrogen) atoms. The Hall–Kier alpha value is -4.52. The highest BCUT2D eigenvalue weighted by Crippen LogP contribution is 2.54. The first-order valence-corrected chi connectivity index (χ1v) is 18.4. The van der Waals surface area contributed by atoms with Crippen LogP contribution in [0.2, 0.25) is 0 Å². The smallest absolute Gasteiger partial charge is 0.313 e. The summed E-state index contributed by atoms with van der Waals surface area (Å²) in [6.45, 7) is 7.62. The highest BCUT2D eigenvalue weighted by molar-refractivity contribution is 6.05. The SMILES string of the molecule is CC[C@@H](CO)N1C(=O)[C@@H]2[C@H]3C(=O)O[C@H](c4ccccc4)[C@@H](COC)NC(=O)CC/C=C\[C@H]3O[C@@]23C=CCN(c2ccc(N(CC)CC)cc2)C(=O)[C@@H]13. The van der Waals surface area contributed by atoms with Gasteiger partial charge in [-0.1, -0.05) is 61.6 Å². The van der Waals surface area contributed by atoms with Crippen molar-refractivity contribution in [2.75, 3.05) is 49.8 Å². The number of rotatable bonds is 10. The molecule has 2 fully saturated rings. The Labute approximate surface area is 305 Å². The molecule has 0 saturated carbocycles. The number of hydrogen-bond acceptors (Lipinski definition) is 9. The van der Waals surface area contributed by atoms with Gasteiger partial charge in [0, 0.05) is 44.5 Å². The van der Waals surface area contributed by atoms with Crippen LogP contribution in [0.1, 0.15) is 51.7 Å². The number of hydrogen-bond donors (Lipinski definition) is 2. The molecule has 4 aliphatic heterocycles. The van der Waals surface area contributed by atoms with Crippen molar-refractivity contribution in [1.29, 1.82) is 0 Å². The van der Waals surface area contributed by atoms with E-state index in [1.165, 1.54) is 12.0 Å². The molecule has 12 nitrogen and oxygen atoms in total. The number of allylic oxidation sites excluding steroid dienone is 1. The van der Waals surface area contributed by atoms with E-state index in [2.05, 4.69) is 24.1 Å². The maximum atomic E-state index is 14.9. The molecule has 278 valence electrons. The van der Waals surface area contributed by atoms with Gasteiger partial charge in [-0.15, -0.1) is 0 Å². The zero-order chi connectivity index (χ0) is 37.0. The number of nitrogens with zero attached hydrogens (tertiary/aromatic N) is 3. The molecule has 2 aromatic rings. The second-order valence-electron chi connectivity index (χ2n) is 13.7. The highest BCUT2D eigenvalue weighted by Gasteiger charge is 2.72. The number of ether oxygens (including phenoxy) is 3. The molecule has 0 unspecified atom stereocenters. The van der Waals surface area contributed by atoms with E-state index in [4.69, 9.17) is 14.2 Å². The number of cyclic esters (lactones) is 1. The van der Waals surface area contributed by atoms with Gasteiger partial charge in [-0.2, -0.15) is 0 Å². The fourth-order valence-electron chi connectivity index (χ4n) is 8.30. The maximum absolute atomic E-state index is 14.9. The van der Waals surface area contributed by atoms with Crippen molar-refractivity contribution in [3.05, 3.63) is 84.5 Å².